The maximum absolute atomic E-state index is 13.7. The van der Waals surface area contributed by atoms with Gasteiger partial charge in [-0.15, -0.1) is 24.8 Å². The Hall–Kier alpha value is -2.73. The molecule has 0 saturated heterocycles. The molecule has 0 atom stereocenters. The third-order valence-electron chi connectivity index (χ3n) is 9.43. The van der Waals surface area contributed by atoms with E-state index >= 15 is 0 Å². The van der Waals surface area contributed by atoms with Crippen molar-refractivity contribution in [3.8, 4) is 11.1 Å². The number of benzene rings is 4. The van der Waals surface area contributed by atoms with Crippen LogP contribution in [0.15, 0.2) is 106 Å². The van der Waals surface area contributed by atoms with E-state index in [9.17, 15) is 26.3 Å². The van der Waals surface area contributed by atoms with Crippen molar-refractivity contribution in [1.82, 2.24) is 0 Å². The van der Waals surface area contributed by atoms with Crippen LogP contribution in [-0.2, 0) is 44.4 Å². The zero-order chi connectivity index (χ0) is 34.8. The number of fused-ring (bicyclic) bond motifs is 3. The Morgan fingerprint density at radius 1 is 0.560 bits per heavy atom. The fourth-order valence-electron chi connectivity index (χ4n) is 6.76. The number of rotatable bonds is 4. The average Bonchev–Trinajstić information content (AvgIpc) is 3.65. The molecule has 0 bridgehead atoms. The Morgan fingerprint density at radius 3 is 1.26 bits per heavy atom. The maximum Gasteiger partial charge on any atom is -0.147 e. The van der Waals surface area contributed by atoms with E-state index in [1.807, 2.05) is 6.08 Å². The van der Waals surface area contributed by atoms with E-state index in [-0.39, 0.29) is 39.3 Å². The fraction of sp³-hybridized carbons (Fsp3) is 0.293. The summed E-state index contributed by atoms with van der Waals surface area (Å²) in [6.07, 6.45) is -2.06. The van der Waals surface area contributed by atoms with Crippen LogP contribution < -0.4 is 0 Å². The average molecular weight is 809 g/mol. The summed E-state index contributed by atoms with van der Waals surface area (Å²) in [5.74, 6) is 0. The minimum atomic E-state index is -4.51. The summed E-state index contributed by atoms with van der Waals surface area (Å²) < 4.78 is 84.3. The van der Waals surface area contributed by atoms with Gasteiger partial charge in [0.2, 0.25) is 0 Å². The van der Waals surface area contributed by atoms with Crippen molar-refractivity contribution < 1.29 is 47.6 Å². The van der Waals surface area contributed by atoms with Gasteiger partial charge in [0.1, 0.15) is 0 Å². The third-order valence-corrected chi connectivity index (χ3v) is 17.7. The minimum absolute atomic E-state index is 0. The molecule has 0 aromatic heterocycles. The molecule has 0 unspecified atom stereocenters. The second-order valence-electron chi connectivity index (χ2n) is 14.8. The molecule has 0 radical (unpaired) electrons. The van der Waals surface area contributed by atoms with Gasteiger partial charge in [0.15, 0.2) is 0 Å². The normalized spacial score (nSPS) is 14.4. The predicted octanol–water partition coefficient (Wildman–Crippen LogP) is 13.0. The van der Waals surface area contributed by atoms with Crippen molar-refractivity contribution in [3.63, 3.8) is 0 Å². The molecule has 0 saturated carbocycles. The number of hydrogen-bond donors (Lipinski definition) is 0. The van der Waals surface area contributed by atoms with Gasteiger partial charge in [-0.1, -0.05) is 0 Å². The second kappa shape index (κ2) is 14.4. The maximum atomic E-state index is 13.7. The Morgan fingerprint density at radius 2 is 0.940 bits per heavy atom. The summed E-state index contributed by atoms with van der Waals surface area (Å²) >= 11 is -3.32. The molecule has 0 fully saturated rings. The summed E-state index contributed by atoms with van der Waals surface area (Å²) in [5, 5.41) is 0. The molecule has 4 aromatic rings. The zero-order valence-electron chi connectivity index (χ0n) is 28.7. The molecule has 4 aromatic carbocycles. The van der Waals surface area contributed by atoms with Crippen molar-refractivity contribution in [1.29, 1.82) is 0 Å². The molecule has 0 heterocycles. The number of hydrogen-bond acceptors (Lipinski definition) is 0. The van der Waals surface area contributed by atoms with Gasteiger partial charge in [0.05, 0.1) is 0 Å². The SMILES string of the molecule is CC(C)(C)c1ccc2c(c1)-c1cc(C(C)(C)C)ccc1[CH]2[Zr]([C]1=CC=CC1)=[C](c1ccc(C(F)(F)F)cc1)c1ccc(C(F)(F)F)cc1.Cl.Cl. The van der Waals surface area contributed by atoms with Crippen molar-refractivity contribution in [2.24, 2.45) is 0 Å². The largest absolute Gasteiger partial charge is 0.147 e. The number of halogens is 8. The molecular formula is C41H40Cl2F6Zr. The Balaban J connectivity index is 0.00000281. The van der Waals surface area contributed by atoms with E-state index in [4.69, 9.17) is 0 Å². The van der Waals surface area contributed by atoms with E-state index < -0.39 is 44.7 Å². The van der Waals surface area contributed by atoms with Crippen LogP contribution in [0.5, 0.6) is 0 Å². The molecule has 2 aliphatic carbocycles. The fourth-order valence-corrected chi connectivity index (χ4v) is 15.8. The summed E-state index contributed by atoms with van der Waals surface area (Å²) in [6.45, 7) is 13.1. The van der Waals surface area contributed by atoms with E-state index in [2.05, 4.69) is 90.1 Å². The first-order valence-electron chi connectivity index (χ1n) is 16.1. The Kier molecular flexibility index (Phi) is 11.5. The molecule has 9 heteroatoms. The molecule has 264 valence electrons. The van der Waals surface area contributed by atoms with Gasteiger partial charge in [-0.25, -0.2) is 0 Å². The number of alkyl halides is 6. The Bertz CT molecular complexity index is 1850. The van der Waals surface area contributed by atoms with Gasteiger partial charge in [-0.05, 0) is 0 Å². The second-order valence-corrected chi connectivity index (χ2v) is 21.1. The molecule has 2 aliphatic rings. The summed E-state index contributed by atoms with van der Waals surface area (Å²) in [6, 6.07) is 23.7. The van der Waals surface area contributed by atoms with Crippen LogP contribution in [-0.4, -0.2) is 3.21 Å². The monoisotopic (exact) mass is 806 g/mol. The molecular weight excluding hydrogens is 769 g/mol. The van der Waals surface area contributed by atoms with Gasteiger partial charge < -0.3 is 0 Å². The van der Waals surface area contributed by atoms with Gasteiger partial charge >= 0.3 is 288 Å². The molecule has 0 aliphatic heterocycles. The van der Waals surface area contributed by atoms with Gasteiger partial charge in [0, 0.05) is 0 Å². The van der Waals surface area contributed by atoms with Crippen LogP contribution in [0.2, 0.25) is 0 Å². The quantitative estimate of drug-likeness (QED) is 0.180. The van der Waals surface area contributed by atoms with Crippen LogP contribution in [0.4, 0.5) is 26.3 Å². The van der Waals surface area contributed by atoms with Crippen LogP contribution in [0.1, 0.15) is 96.1 Å². The van der Waals surface area contributed by atoms with Gasteiger partial charge in [-0.2, -0.15) is 0 Å². The van der Waals surface area contributed by atoms with E-state index in [1.165, 1.54) is 49.8 Å². The molecule has 6 rings (SSSR count). The van der Waals surface area contributed by atoms with Crippen LogP contribution >= 0.6 is 24.8 Å². The van der Waals surface area contributed by atoms with Crippen LogP contribution in [0.25, 0.3) is 11.1 Å². The Labute approximate surface area is 310 Å². The first-order chi connectivity index (χ1) is 22.3. The van der Waals surface area contributed by atoms with Crippen molar-refractivity contribution in [2.45, 2.75) is 74.8 Å². The van der Waals surface area contributed by atoms with Crippen molar-refractivity contribution in [2.75, 3.05) is 0 Å². The third kappa shape index (κ3) is 7.86. The molecule has 0 nitrogen and oxygen atoms in total. The topological polar surface area (TPSA) is 0 Å². The first kappa shape index (κ1) is 40.0. The van der Waals surface area contributed by atoms with Crippen molar-refractivity contribution >= 4 is 28.0 Å². The van der Waals surface area contributed by atoms with Crippen molar-refractivity contribution in [3.05, 3.63) is 151 Å². The molecule has 50 heavy (non-hydrogen) atoms. The summed E-state index contributed by atoms with van der Waals surface area (Å²) in [4.78, 5) is 0. The predicted molar refractivity (Wildman–Crippen MR) is 194 cm³/mol. The summed E-state index contributed by atoms with van der Waals surface area (Å²) in [7, 11) is 0. The molecule has 0 N–H and O–H groups in total. The number of allylic oxidation sites excluding steroid dienone is 4. The first-order valence-corrected chi connectivity index (χ1v) is 20.0. The van der Waals surface area contributed by atoms with Gasteiger partial charge in [-0.3, -0.25) is 0 Å². The van der Waals surface area contributed by atoms with E-state index in [0.717, 1.165) is 38.6 Å². The van der Waals surface area contributed by atoms with E-state index in [0.29, 0.717) is 17.5 Å². The molecule has 0 amide bonds. The smallest absolute Gasteiger partial charge is 0.147 e. The van der Waals surface area contributed by atoms with Crippen LogP contribution in [0.3, 0.4) is 0 Å². The summed E-state index contributed by atoms with van der Waals surface area (Å²) in [5.41, 5.74) is 6.65. The van der Waals surface area contributed by atoms with Gasteiger partial charge in [0.25, 0.3) is 0 Å². The minimum Gasteiger partial charge on any atom is -0.147 e. The standard InChI is InChI=1S/C21H25.C15H8F6.C5H5.2ClH.Zr/c1-20(2,3)16-9-7-14-11-15-8-10-17(21(4,5)6)13-19(15)18(14)12-16;16-14(17,18)12-5-1-10(2-6-12)9-11-3-7-13(8-4-11)15(19,20)21;1-2-4-5-3-1;;;/h7-13H,1-6H3;1-8H;1-3H,4H2;2*1H;. The van der Waals surface area contributed by atoms with Crippen LogP contribution in [0, 0.1) is 0 Å². The zero-order valence-corrected chi connectivity index (χ0v) is 32.8. The molecule has 0 spiro atoms. The van der Waals surface area contributed by atoms with E-state index in [1.54, 1.807) is 0 Å².